The van der Waals surface area contributed by atoms with Gasteiger partial charge in [-0.05, 0) is 36.2 Å². The molecule has 2 amide bonds. The molecule has 0 heterocycles. The molecule has 0 aliphatic rings. The Kier molecular flexibility index (Phi) is 7.73. The molecule has 0 fully saturated rings. The van der Waals surface area contributed by atoms with Crippen LogP contribution in [-0.2, 0) is 4.79 Å². The van der Waals surface area contributed by atoms with E-state index in [2.05, 4.69) is 10.6 Å². The highest BCUT2D eigenvalue weighted by Gasteiger charge is 2.21. The summed E-state index contributed by atoms with van der Waals surface area (Å²) in [6, 6.07) is 19.1. The second kappa shape index (κ2) is 10.7. The van der Waals surface area contributed by atoms with Gasteiger partial charge in [0.25, 0.3) is 5.91 Å². The zero-order valence-corrected chi connectivity index (χ0v) is 18.9. The number of ether oxygens (including phenoxy) is 2. The molecule has 7 heteroatoms. The number of carbonyl (C=O) groups excluding carboxylic acids is 2. The smallest absolute Gasteiger partial charge is 0.253 e. The zero-order chi connectivity index (χ0) is 23.1. The number of aryl methyl sites for hydroxylation is 1. The van der Waals surface area contributed by atoms with Crippen LogP contribution < -0.4 is 20.1 Å². The first kappa shape index (κ1) is 23.2. The van der Waals surface area contributed by atoms with Crippen molar-refractivity contribution in [2.45, 2.75) is 19.4 Å². The minimum absolute atomic E-state index is 0.0357. The lowest BCUT2D eigenvalue weighted by Gasteiger charge is -2.20. The normalized spacial score (nSPS) is 11.4. The predicted molar refractivity (Wildman–Crippen MR) is 126 cm³/mol. The molecule has 0 aliphatic carbocycles. The van der Waals surface area contributed by atoms with E-state index in [1.54, 1.807) is 43.5 Å². The van der Waals surface area contributed by atoms with Crippen LogP contribution >= 0.6 is 11.6 Å². The van der Waals surface area contributed by atoms with Crippen LogP contribution in [0.5, 0.6) is 11.5 Å². The Morgan fingerprint density at radius 1 is 0.938 bits per heavy atom. The van der Waals surface area contributed by atoms with Gasteiger partial charge in [0.1, 0.15) is 0 Å². The van der Waals surface area contributed by atoms with Crippen molar-refractivity contribution in [3.63, 3.8) is 0 Å². The summed E-state index contributed by atoms with van der Waals surface area (Å²) < 4.78 is 10.6. The highest BCUT2D eigenvalue weighted by atomic mass is 35.5. The Balaban J connectivity index is 1.80. The number of carbonyl (C=O) groups is 2. The van der Waals surface area contributed by atoms with Gasteiger partial charge in [-0.15, -0.1) is 0 Å². The van der Waals surface area contributed by atoms with Crippen molar-refractivity contribution in [3.8, 4) is 11.5 Å². The fraction of sp³-hybridized carbons (Fsp3) is 0.200. The quantitative estimate of drug-likeness (QED) is 0.494. The van der Waals surface area contributed by atoms with Gasteiger partial charge in [0, 0.05) is 11.8 Å². The fourth-order valence-corrected chi connectivity index (χ4v) is 3.54. The standard InChI is InChI=1S/C25H25ClN2O4/c1-16-13-22(31-2)23(32-3)14-20(16)27-24(29)15-21(17-9-5-4-6-10-17)28-25(30)18-11-7-8-12-19(18)26/h4-14,21H,15H2,1-3H3,(H,27,29)(H,28,30)/t21-/m0/s1. The summed E-state index contributed by atoms with van der Waals surface area (Å²) in [5, 5.41) is 6.19. The first-order valence-electron chi connectivity index (χ1n) is 10.1. The molecule has 6 nitrogen and oxygen atoms in total. The topological polar surface area (TPSA) is 76.7 Å². The molecule has 32 heavy (non-hydrogen) atoms. The molecule has 0 aromatic heterocycles. The number of hydrogen-bond donors (Lipinski definition) is 2. The van der Waals surface area contributed by atoms with Crippen molar-refractivity contribution in [2.75, 3.05) is 19.5 Å². The third-order valence-electron chi connectivity index (χ3n) is 5.02. The van der Waals surface area contributed by atoms with Gasteiger partial charge in [0.2, 0.25) is 5.91 Å². The maximum Gasteiger partial charge on any atom is 0.253 e. The van der Waals surface area contributed by atoms with Crippen LogP contribution in [0.3, 0.4) is 0 Å². The summed E-state index contributed by atoms with van der Waals surface area (Å²) in [5.74, 6) is 0.491. The number of nitrogens with one attached hydrogen (secondary N) is 2. The van der Waals surface area contributed by atoms with Gasteiger partial charge in [-0.25, -0.2) is 0 Å². The number of halogens is 1. The summed E-state index contributed by atoms with van der Waals surface area (Å²) in [5.41, 5.74) is 2.60. The number of anilines is 1. The molecule has 0 saturated carbocycles. The van der Waals surface area contributed by atoms with E-state index in [4.69, 9.17) is 21.1 Å². The van der Waals surface area contributed by atoms with Crippen LogP contribution in [0.1, 0.15) is 33.9 Å². The van der Waals surface area contributed by atoms with Crippen LogP contribution in [-0.4, -0.2) is 26.0 Å². The van der Waals surface area contributed by atoms with Gasteiger partial charge in [-0.1, -0.05) is 54.1 Å². The molecule has 3 aromatic carbocycles. The SMILES string of the molecule is COc1cc(C)c(NC(=O)C[C@H](NC(=O)c2ccccc2Cl)c2ccccc2)cc1OC. The van der Waals surface area contributed by atoms with Gasteiger partial charge in [-0.2, -0.15) is 0 Å². The van der Waals surface area contributed by atoms with E-state index < -0.39 is 6.04 Å². The van der Waals surface area contributed by atoms with Crippen molar-refractivity contribution >= 4 is 29.1 Å². The van der Waals surface area contributed by atoms with Crippen LogP contribution in [0.2, 0.25) is 5.02 Å². The molecular formula is C25H25ClN2O4. The van der Waals surface area contributed by atoms with Gasteiger partial charge in [-0.3, -0.25) is 9.59 Å². The Morgan fingerprint density at radius 2 is 1.56 bits per heavy atom. The monoisotopic (exact) mass is 452 g/mol. The highest BCUT2D eigenvalue weighted by molar-refractivity contribution is 6.33. The van der Waals surface area contributed by atoms with Crippen molar-refractivity contribution in [1.82, 2.24) is 5.32 Å². The highest BCUT2D eigenvalue weighted by Crippen LogP contribution is 2.33. The number of hydrogen-bond acceptors (Lipinski definition) is 4. The second-order valence-electron chi connectivity index (χ2n) is 7.19. The molecule has 166 valence electrons. The Bertz CT molecular complexity index is 1100. The maximum absolute atomic E-state index is 12.9. The molecule has 0 aliphatic heterocycles. The van der Waals surface area contributed by atoms with Crippen molar-refractivity contribution in [2.24, 2.45) is 0 Å². The molecule has 0 saturated heterocycles. The fourth-order valence-electron chi connectivity index (χ4n) is 3.32. The first-order chi connectivity index (χ1) is 15.4. The third-order valence-corrected chi connectivity index (χ3v) is 5.35. The Hall–Kier alpha value is -3.51. The van der Waals surface area contributed by atoms with E-state index in [1.165, 1.54) is 7.11 Å². The molecular weight excluding hydrogens is 428 g/mol. The molecule has 1 atom stereocenters. The van der Waals surface area contributed by atoms with E-state index in [-0.39, 0.29) is 18.2 Å². The maximum atomic E-state index is 12.9. The number of methoxy groups -OCH3 is 2. The summed E-state index contributed by atoms with van der Waals surface area (Å²) in [6.07, 6.45) is 0.0357. The van der Waals surface area contributed by atoms with Crippen LogP contribution in [0.15, 0.2) is 66.7 Å². The second-order valence-corrected chi connectivity index (χ2v) is 7.60. The van der Waals surface area contributed by atoms with Crippen LogP contribution in [0, 0.1) is 6.92 Å². The minimum Gasteiger partial charge on any atom is -0.493 e. The lowest BCUT2D eigenvalue weighted by molar-refractivity contribution is -0.116. The van der Waals surface area contributed by atoms with Crippen LogP contribution in [0.25, 0.3) is 0 Å². The number of benzene rings is 3. The Morgan fingerprint density at radius 3 is 2.22 bits per heavy atom. The van der Waals surface area contributed by atoms with Gasteiger partial charge in [0.15, 0.2) is 11.5 Å². The van der Waals surface area contributed by atoms with E-state index in [0.29, 0.717) is 27.8 Å². The largest absolute Gasteiger partial charge is 0.493 e. The summed E-state index contributed by atoms with van der Waals surface area (Å²) in [4.78, 5) is 25.8. The van der Waals surface area contributed by atoms with E-state index >= 15 is 0 Å². The van der Waals surface area contributed by atoms with E-state index in [1.807, 2.05) is 37.3 Å². The van der Waals surface area contributed by atoms with E-state index in [0.717, 1.165) is 11.1 Å². The molecule has 2 N–H and O–H groups in total. The molecule has 0 radical (unpaired) electrons. The molecule has 3 rings (SSSR count). The minimum atomic E-state index is -0.541. The lowest BCUT2D eigenvalue weighted by atomic mass is 10.0. The lowest BCUT2D eigenvalue weighted by Crippen LogP contribution is -2.31. The average molecular weight is 453 g/mol. The molecule has 0 unspecified atom stereocenters. The van der Waals surface area contributed by atoms with Gasteiger partial charge >= 0.3 is 0 Å². The summed E-state index contributed by atoms with van der Waals surface area (Å²) in [7, 11) is 3.09. The molecule has 3 aromatic rings. The van der Waals surface area contributed by atoms with E-state index in [9.17, 15) is 9.59 Å². The predicted octanol–water partition coefficient (Wildman–Crippen LogP) is 5.17. The third kappa shape index (κ3) is 5.59. The van der Waals surface area contributed by atoms with Crippen LogP contribution in [0.4, 0.5) is 5.69 Å². The molecule has 0 bridgehead atoms. The summed E-state index contributed by atoms with van der Waals surface area (Å²) >= 11 is 6.17. The average Bonchev–Trinajstić information content (AvgIpc) is 2.80. The first-order valence-corrected chi connectivity index (χ1v) is 10.4. The van der Waals surface area contributed by atoms with Gasteiger partial charge < -0.3 is 20.1 Å². The van der Waals surface area contributed by atoms with Crippen molar-refractivity contribution in [1.29, 1.82) is 0 Å². The number of rotatable bonds is 8. The van der Waals surface area contributed by atoms with Gasteiger partial charge in [0.05, 0.1) is 37.3 Å². The van der Waals surface area contributed by atoms with Crippen molar-refractivity contribution < 1.29 is 19.1 Å². The van der Waals surface area contributed by atoms with Crippen molar-refractivity contribution in [3.05, 3.63) is 88.4 Å². The summed E-state index contributed by atoms with van der Waals surface area (Å²) in [6.45, 7) is 1.87. The molecule has 0 spiro atoms. The Labute approximate surface area is 192 Å². The zero-order valence-electron chi connectivity index (χ0n) is 18.1. The number of amides is 2.